The molecular weight excluding hydrogens is 399 g/mol. The first kappa shape index (κ1) is 22.1. The van der Waals surface area contributed by atoms with E-state index >= 15 is 0 Å². The van der Waals surface area contributed by atoms with Crippen molar-refractivity contribution in [2.75, 3.05) is 23.3 Å². The van der Waals surface area contributed by atoms with Crippen LogP contribution < -0.4 is 10.2 Å². The maximum absolute atomic E-state index is 14.3. The minimum atomic E-state index is -0.258. The first-order chi connectivity index (χ1) is 15.7. The van der Waals surface area contributed by atoms with Crippen LogP contribution in [-0.4, -0.2) is 19.4 Å². The summed E-state index contributed by atoms with van der Waals surface area (Å²) in [5, 5.41) is 3.38. The summed E-state index contributed by atoms with van der Waals surface area (Å²) in [6.45, 7) is 4.96. The molecule has 0 atom stereocenters. The molecule has 4 rings (SSSR count). The third-order valence-corrected chi connectivity index (χ3v) is 6.40. The summed E-state index contributed by atoms with van der Waals surface area (Å²) in [5.74, 6) is -0.258. The molecule has 0 unspecified atom stereocenters. The number of fused-ring (bicyclic) bond motifs is 1. The fraction of sp³-hybridized carbons (Fsp3) is 0.321. The minimum Gasteiger partial charge on any atom is -0.381 e. The number of benzene rings is 3. The number of halogens is 1. The summed E-state index contributed by atoms with van der Waals surface area (Å²) in [6.07, 6.45) is 4.97. The Kier molecular flexibility index (Phi) is 7.21. The van der Waals surface area contributed by atoms with Crippen molar-refractivity contribution < 1.29 is 9.18 Å². The highest BCUT2D eigenvalue weighted by Gasteiger charge is 2.20. The Bertz CT molecular complexity index is 1060. The van der Waals surface area contributed by atoms with Gasteiger partial charge in [-0.15, -0.1) is 0 Å². The molecule has 0 spiro atoms. The monoisotopic (exact) mass is 430 g/mol. The van der Waals surface area contributed by atoms with Crippen LogP contribution in [0.1, 0.15) is 40.7 Å². The molecule has 4 heteroatoms. The van der Waals surface area contributed by atoms with Crippen molar-refractivity contribution in [3.63, 3.8) is 0 Å². The number of nitrogens with one attached hydrogen (secondary N) is 1. The van der Waals surface area contributed by atoms with Gasteiger partial charge in [-0.05, 0) is 72.6 Å². The van der Waals surface area contributed by atoms with E-state index in [4.69, 9.17) is 0 Å². The number of rotatable bonds is 9. The molecule has 166 valence electrons. The van der Waals surface area contributed by atoms with E-state index in [1.165, 1.54) is 40.4 Å². The highest BCUT2D eigenvalue weighted by atomic mass is 19.1. The molecule has 0 saturated carbocycles. The van der Waals surface area contributed by atoms with Gasteiger partial charge in [-0.1, -0.05) is 48.5 Å². The van der Waals surface area contributed by atoms with Gasteiger partial charge in [0, 0.05) is 37.4 Å². The molecule has 0 amide bonds. The molecule has 0 saturated heterocycles. The molecule has 32 heavy (non-hydrogen) atoms. The molecular formula is C28H31FN2O. The quantitative estimate of drug-likeness (QED) is 0.431. The van der Waals surface area contributed by atoms with Crippen molar-refractivity contribution in [2.45, 2.75) is 45.6 Å². The van der Waals surface area contributed by atoms with Crippen LogP contribution >= 0.6 is 0 Å². The Morgan fingerprint density at radius 1 is 1.03 bits per heavy atom. The normalized spacial score (nSPS) is 13.0. The number of aryl methyl sites for hydroxylation is 2. The van der Waals surface area contributed by atoms with Crippen LogP contribution in [0.15, 0.2) is 60.7 Å². The van der Waals surface area contributed by atoms with Gasteiger partial charge in [0.05, 0.1) is 0 Å². The lowest BCUT2D eigenvalue weighted by Gasteiger charge is -2.34. The van der Waals surface area contributed by atoms with Gasteiger partial charge >= 0.3 is 0 Å². The Balaban J connectivity index is 1.46. The molecule has 1 heterocycles. The standard InChI is InChI=1S/C28H31FN2O/c1-21-25(20-30-26-14-13-23(10-6-18-32)27(29)19-26)12-11-24-9-5-16-31(28(21)24)17-15-22-7-3-2-4-8-22/h2-4,7-8,11-14,18-19,30H,5-6,9-10,15-17,20H2,1H3. The molecule has 1 N–H and O–H groups in total. The van der Waals surface area contributed by atoms with Gasteiger partial charge in [0.15, 0.2) is 0 Å². The predicted octanol–water partition coefficient (Wildman–Crippen LogP) is 5.87. The van der Waals surface area contributed by atoms with Crippen molar-refractivity contribution in [2.24, 2.45) is 0 Å². The van der Waals surface area contributed by atoms with Crippen molar-refractivity contribution >= 4 is 17.7 Å². The molecule has 3 nitrogen and oxygen atoms in total. The predicted molar refractivity (Wildman–Crippen MR) is 130 cm³/mol. The first-order valence-electron chi connectivity index (χ1n) is 11.5. The maximum Gasteiger partial charge on any atom is 0.128 e. The third kappa shape index (κ3) is 5.18. The van der Waals surface area contributed by atoms with Crippen LogP contribution in [0.2, 0.25) is 0 Å². The Morgan fingerprint density at radius 2 is 1.84 bits per heavy atom. The number of carbonyl (C=O) groups is 1. The second-order valence-corrected chi connectivity index (χ2v) is 8.55. The molecule has 0 bridgehead atoms. The first-order valence-corrected chi connectivity index (χ1v) is 11.5. The van der Waals surface area contributed by atoms with Crippen LogP contribution in [0.3, 0.4) is 0 Å². The molecule has 0 radical (unpaired) electrons. The topological polar surface area (TPSA) is 32.3 Å². The molecule has 0 aromatic heterocycles. The summed E-state index contributed by atoms with van der Waals surface area (Å²) in [4.78, 5) is 13.1. The van der Waals surface area contributed by atoms with Crippen molar-refractivity contribution in [1.82, 2.24) is 0 Å². The Hall–Kier alpha value is -3.14. The Labute approximate surface area is 190 Å². The summed E-state index contributed by atoms with van der Waals surface area (Å²) < 4.78 is 14.3. The van der Waals surface area contributed by atoms with E-state index in [9.17, 15) is 9.18 Å². The summed E-state index contributed by atoms with van der Waals surface area (Å²) in [6, 6.07) is 20.3. The van der Waals surface area contributed by atoms with Gasteiger partial charge in [-0.3, -0.25) is 0 Å². The van der Waals surface area contributed by atoms with E-state index in [2.05, 4.69) is 59.6 Å². The van der Waals surface area contributed by atoms with E-state index in [1.54, 1.807) is 6.07 Å². The van der Waals surface area contributed by atoms with Crippen LogP contribution in [0, 0.1) is 12.7 Å². The summed E-state index contributed by atoms with van der Waals surface area (Å²) in [7, 11) is 0. The van der Waals surface area contributed by atoms with Gasteiger partial charge in [0.1, 0.15) is 12.1 Å². The van der Waals surface area contributed by atoms with Gasteiger partial charge < -0.3 is 15.0 Å². The van der Waals surface area contributed by atoms with Crippen LogP contribution in [-0.2, 0) is 30.6 Å². The van der Waals surface area contributed by atoms with Gasteiger partial charge in [0.25, 0.3) is 0 Å². The average molecular weight is 431 g/mol. The molecule has 1 aliphatic heterocycles. The smallest absolute Gasteiger partial charge is 0.128 e. The van der Waals surface area contributed by atoms with Crippen molar-refractivity contribution in [3.05, 3.63) is 94.3 Å². The van der Waals surface area contributed by atoms with Crippen molar-refractivity contribution in [3.8, 4) is 0 Å². The summed E-state index contributed by atoms with van der Waals surface area (Å²) in [5.41, 5.74) is 8.07. The molecule has 1 aliphatic rings. The number of hydrogen-bond acceptors (Lipinski definition) is 3. The lowest BCUT2D eigenvalue weighted by molar-refractivity contribution is -0.107. The number of anilines is 2. The fourth-order valence-electron chi connectivity index (χ4n) is 4.61. The molecule has 3 aromatic carbocycles. The molecule has 0 aliphatic carbocycles. The van der Waals surface area contributed by atoms with Crippen LogP contribution in [0.25, 0.3) is 0 Å². The van der Waals surface area contributed by atoms with E-state index in [1.807, 2.05) is 6.07 Å². The van der Waals surface area contributed by atoms with E-state index in [0.29, 0.717) is 24.9 Å². The lowest BCUT2D eigenvalue weighted by Crippen LogP contribution is -2.32. The lowest BCUT2D eigenvalue weighted by atomic mass is 9.94. The molecule has 0 fully saturated rings. The second-order valence-electron chi connectivity index (χ2n) is 8.55. The average Bonchev–Trinajstić information content (AvgIpc) is 2.82. The number of nitrogens with zero attached hydrogens (tertiary/aromatic N) is 1. The minimum absolute atomic E-state index is 0.258. The zero-order chi connectivity index (χ0) is 22.3. The fourth-order valence-corrected chi connectivity index (χ4v) is 4.61. The van der Waals surface area contributed by atoms with Crippen LogP contribution in [0.5, 0.6) is 0 Å². The highest BCUT2D eigenvalue weighted by molar-refractivity contribution is 5.64. The van der Waals surface area contributed by atoms with E-state index < -0.39 is 0 Å². The second kappa shape index (κ2) is 10.4. The SMILES string of the molecule is Cc1c(CNc2ccc(CCC=O)c(F)c2)ccc2c1N(CCc1ccccc1)CCC2. The maximum atomic E-state index is 14.3. The largest absolute Gasteiger partial charge is 0.381 e. The Morgan fingerprint density at radius 3 is 2.62 bits per heavy atom. The zero-order valence-corrected chi connectivity index (χ0v) is 18.7. The van der Waals surface area contributed by atoms with E-state index in [-0.39, 0.29) is 5.82 Å². The molecule has 3 aromatic rings. The summed E-state index contributed by atoms with van der Waals surface area (Å²) >= 11 is 0. The van der Waals surface area contributed by atoms with E-state index in [0.717, 1.165) is 37.9 Å². The highest BCUT2D eigenvalue weighted by Crippen LogP contribution is 2.33. The van der Waals surface area contributed by atoms with Crippen LogP contribution in [0.4, 0.5) is 15.8 Å². The number of hydrogen-bond donors (Lipinski definition) is 1. The van der Waals surface area contributed by atoms with Crippen molar-refractivity contribution in [1.29, 1.82) is 0 Å². The van der Waals surface area contributed by atoms with Gasteiger partial charge in [0.2, 0.25) is 0 Å². The number of aldehydes is 1. The zero-order valence-electron chi connectivity index (χ0n) is 18.7. The third-order valence-electron chi connectivity index (χ3n) is 6.40. The van der Waals surface area contributed by atoms with Gasteiger partial charge in [-0.25, -0.2) is 4.39 Å². The number of carbonyl (C=O) groups excluding carboxylic acids is 1. The van der Waals surface area contributed by atoms with Gasteiger partial charge in [-0.2, -0.15) is 0 Å².